The molecule has 1 amide bonds. The van der Waals surface area contributed by atoms with Crippen molar-refractivity contribution in [2.75, 3.05) is 20.1 Å². The summed E-state index contributed by atoms with van der Waals surface area (Å²) in [6, 6.07) is 5.56. The Morgan fingerprint density at radius 2 is 1.96 bits per heavy atom. The van der Waals surface area contributed by atoms with Crippen molar-refractivity contribution in [3.63, 3.8) is 0 Å². The summed E-state index contributed by atoms with van der Waals surface area (Å²) in [4.78, 5) is 25.8. The van der Waals surface area contributed by atoms with E-state index in [9.17, 15) is 4.79 Å². The van der Waals surface area contributed by atoms with E-state index >= 15 is 0 Å². The average Bonchev–Trinajstić information content (AvgIpc) is 3.14. The van der Waals surface area contributed by atoms with Crippen LogP contribution in [0.1, 0.15) is 48.4 Å². The quantitative estimate of drug-likeness (QED) is 0.643. The molecule has 0 aliphatic rings. The van der Waals surface area contributed by atoms with E-state index in [1.807, 2.05) is 37.5 Å². The van der Waals surface area contributed by atoms with Gasteiger partial charge < -0.3 is 4.90 Å². The molecular weight excluding hydrogens is 340 g/mol. The van der Waals surface area contributed by atoms with Gasteiger partial charge in [0.1, 0.15) is 5.56 Å². The molecule has 0 aliphatic heterocycles. The summed E-state index contributed by atoms with van der Waals surface area (Å²) in [6.45, 7) is 9.01. The molecule has 3 aromatic rings. The Kier molecular flexibility index (Phi) is 5.81. The first-order valence-corrected chi connectivity index (χ1v) is 9.27. The highest BCUT2D eigenvalue weighted by Crippen LogP contribution is 2.20. The van der Waals surface area contributed by atoms with Crippen LogP contribution in [-0.4, -0.2) is 55.4 Å². The molecule has 0 saturated carbocycles. The molecule has 7 heteroatoms. The summed E-state index contributed by atoms with van der Waals surface area (Å²) in [5, 5.41) is 4.35. The number of carbonyl (C=O) groups excluding carboxylic acids is 1. The second-order valence-electron chi connectivity index (χ2n) is 6.60. The van der Waals surface area contributed by atoms with Crippen molar-refractivity contribution in [2.45, 2.75) is 33.4 Å². The lowest BCUT2D eigenvalue weighted by Gasteiger charge is -2.24. The highest BCUT2D eigenvalue weighted by Gasteiger charge is 2.23. The second kappa shape index (κ2) is 8.26. The number of carbonyl (C=O) groups is 1. The summed E-state index contributed by atoms with van der Waals surface area (Å²) in [5.41, 5.74) is 2.99. The van der Waals surface area contributed by atoms with E-state index < -0.39 is 0 Å². The van der Waals surface area contributed by atoms with Gasteiger partial charge in [-0.3, -0.25) is 14.7 Å². The van der Waals surface area contributed by atoms with Gasteiger partial charge in [0.05, 0.1) is 17.9 Å². The molecule has 0 bridgehead atoms. The molecule has 1 atom stereocenters. The Morgan fingerprint density at radius 3 is 2.63 bits per heavy atom. The molecule has 0 fully saturated rings. The lowest BCUT2D eigenvalue weighted by molar-refractivity contribution is 0.0741. The number of hydrogen-bond acceptors (Lipinski definition) is 5. The lowest BCUT2D eigenvalue weighted by atomic mass is 10.1. The van der Waals surface area contributed by atoms with Crippen LogP contribution in [0.5, 0.6) is 0 Å². The van der Waals surface area contributed by atoms with Crippen LogP contribution in [0.15, 0.2) is 43.0 Å². The minimum atomic E-state index is -0.143. The van der Waals surface area contributed by atoms with Crippen molar-refractivity contribution in [1.82, 2.24) is 29.4 Å². The SMILES string of the molecule is CCN(CC)Cc1cnc2c(C(=O)N(C)[C@@H](C)c3ccccn3)cnn2c1. The molecule has 3 aromatic heterocycles. The zero-order valence-corrected chi connectivity index (χ0v) is 16.3. The number of hydrogen-bond donors (Lipinski definition) is 0. The molecule has 0 aliphatic carbocycles. The van der Waals surface area contributed by atoms with Crippen molar-refractivity contribution in [1.29, 1.82) is 0 Å². The van der Waals surface area contributed by atoms with Gasteiger partial charge >= 0.3 is 0 Å². The van der Waals surface area contributed by atoms with Gasteiger partial charge in [0.25, 0.3) is 5.91 Å². The summed E-state index contributed by atoms with van der Waals surface area (Å²) in [7, 11) is 1.78. The summed E-state index contributed by atoms with van der Waals surface area (Å²) >= 11 is 0. The minimum absolute atomic E-state index is 0.118. The highest BCUT2D eigenvalue weighted by atomic mass is 16.2. The molecule has 0 N–H and O–H groups in total. The van der Waals surface area contributed by atoms with Crippen LogP contribution >= 0.6 is 0 Å². The second-order valence-corrected chi connectivity index (χ2v) is 6.60. The van der Waals surface area contributed by atoms with E-state index in [1.165, 1.54) is 0 Å². The number of rotatable bonds is 7. The Morgan fingerprint density at radius 1 is 1.19 bits per heavy atom. The van der Waals surface area contributed by atoms with Crippen molar-refractivity contribution in [2.24, 2.45) is 0 Å². The lowest BCUT2D eigenvalue weighted by Crippen LogP contribution is -2.30. The van der Waals surface area contributed by atoms with E-state index in [0.29, 0.717) is 11.2 Å². The minimum Gasteiger partial charge on any atom is -0.333 e. The van der Waals surface area contributed by atoms with Crippen molar-refractivity contribution >= 4 is 11.6 Å². The Hall–Kier alpha value is -2.80. The van der Waals surface area contributed by atoms with Crippen LogP contribution in [0, 0.1) is 0 Å². The molecule has 27 heavy (non-hydrogen) atoms. The van der Waals surface area contributed by atoms with Gasteiger partial charge in [-0.25, -0.2) is 9.50 Å². The zero-order chi connectivity index (χ0) is 19.4. The number of aromatic nitrogens is 4. The van der Waals surface area contributed by atoms with Gasteiger partial charge in [-0.1, -0.05) is 19.9 Å². The van der Waals surface area contributed by atoms with Crippen LogP contribution < -0.4 is 0 Å². The standard InChI is InChI=1S/C20H26N6O/c1-5-25(6-2)13-16-11-22-19-17(12-23-26(19)14-16)20(27)24(4)15(3)18-9-7-8-10-21-18/h7-12,14-15H,5-6,13H2,1-4H3/t15-/m0/s1. The predicted molar refractivity (Wildman–Crippen MR) is 104 cm³/mol. The van der Waals surface area contributed by atoms with Crippen molar-refractivity contribution in [3.05, 3.63) is 59.8 Å². The monoisotopic (exact) mass is 366 g/mol. The van der Waals surface area contributed by atoms with Gasteiger partial charge in [0, 0.05) is 37.7 Å². The molecule has 0 spiro atoms. The smallest absolute Gasteiger partial charge is 0.259 e. The summed E-state index contributed by atoms with van der Waals surface area (Å²) in [6.07, 6.45) is 7.10. The number of nitrogens with zero attached hydrogens (tertiary/aromatic N) is 6. The number of pyridine rings is 1. The van der Waals surface area contributed by atoms with Gasteiger partial charge in [-0.05, 0) is 32.1 Å². The maximum atomic E-state index is 13.0. The first-order chi connectivity index (χ1) is 13.0. The van der Waals surface area contributed by atoms with Crippen molar-refractivity contribution < 1.29 is 4.79 Å². The molecule has 0 aromatic carbocycles. The number of fused-ring (bicyclic) bond motifs is 1. The van der Waals surface area contributed by atoms with Crippen LogP contribution in [-0.2, 0) is 6.54 Å². The van der Waals surface area contributed by atoms with Gasteiger partial charge in [0.15, 0.2) is 5.65 Å². The Labute approximate surface area is 159 Å². The van der Waals surface area contributed by atoms with E-state index in [4.69, 9.17) is 0 Å². The molecule has 3 heterocycles. The molecule has 7 nitrogen and oxygen atoms in total. The van der Waals surface area contributed by atoms with Crippen molar-refractivity contribution in [3.8, 4) is 0 Å². The average molecular weight is 366 g/mol. The van der Waals surface area contributed by atoms with E-state index in [1.54, 1.807) is 28.9 Å². The molecule has 142 valence electrons. The largest absolute Gasteiger partial charge is 0.333 e. The Bertz CT molecular complexity index is 903. The zero-order valence-electron chi connectivity index (χ0n) is 16.3. The fraction of sp³-hybridized carbons (Fsp3) is 0.400. The summed E-state index contributed by atoms with van der Waals surface area (Å²) in [5.74, 6) is -0.118. The molecule has 0 unspecified atom stereocenters. The van der Waals surface area contributed by atoms with Gasteiger partial charge in [-0.2, -0.15) is 5.10 Å². The predicted octanol–water partition coefficient (Wildman–Crippen LogP) is 2.80. The van der Waals surface area contributed by atoms with Crippen LogP contribution in [0.4, 0.5) is 0 Å². The first kappa shape index (κ1) is 19.0. The van der Waals surface area contributed by atoms with E-state index in [0.717, 1.165) is 30.9 Å². The third-order valence-corrected chi connectivity index (χ3v) is 4.96. The van der Waals surface area contributed by atoms with E-state index in [-0.39, 0.29) is 11.9 Å². The normalized spacial score (nSPS) is 12.5. The van der Waals surface area contributed by atoms with Gasteiger partial charge in [-0.15, -0.1) is 0 Å². The molecule has 0 saturated heterocycles. The third-order valence-electron chi connectivity index (χ3n) is 4.96. The fourth-order valence-corrected chi connectivity index (χ4v) is 3.04. The maximum absolute atomic E-state index is 13.0. The third kappa shape index (κ3) is 3.98. The first-order valence-electron chi connectivity index (χ1n) is 9.27. The van der Waals surface area contributed by atoms with Crippen LogP contribution in [0.2, 0.25) is 0 Å². The Balaban J connectivity index is 1.83. The van der Waals surface area contributed by atoms with E-state index in [2.05, 4.69) is 33.8 Å². The number of amides is 1. The fourth-order valence-electron chi connectivity index (χ4n) is 3.04. The van der Waals surface area contributed by atoms with Crippen LogP contribution in [0.25, 0.3) is 5.65 Å². The molecule has 0 radical (unpaired) electrons. The molecular formula is C20H26N6O. The molecule has 3 rings (SSSR count). The topological polar surface area (TPSA) is 66.6 Å². The van der Waals surface area contributed by atoms with Gasteiger partial charge in [0.2, 0.25) is 0 Å². The maximum Gasteiger partial charge on any atom is 0.259 e. The van der Waals surface area contributed by atoms with Crippen LogP contribution in [0.3, 0.4) is 0 Å². The highest BCUT2D eigenvalue weighted by molar-refractivity contribution is 5.99. The summed E-state index contributed by atoms with van der Waals surface area (Å²) < 4.78 is 1.69.